The van der Waals surface area contributed by atoms with Gasteiger partial charge in [-0.15, -0.1) is 0 Å². The van der Waals surface area contributed by atoms with E-state index in [0.717, 1.165) is 86.6 Å². The highest BCUT2D eigenvalue weighted by molar-refractivity contribution is 7.86. The number of fused-ring (bicyclic) bond motifs is 11. The van der Waals surface area contributed by atoms with Gasteiger partial charge in [0.1, 0.15) is 5.65 Å². The number of nitrogens with zero attached hydrogens (tertiary/aromatic N) is 2. The van der Waals surface area contributed by atoms with Crippen molar-refractivity contribution in [2.45, 2.75) is 0 Å². The predicted octanol–water partition coefficient (Wildman–Crippen LogP) is 9.89. The highest BCUT2D eigenvalue weighted by atomic mass is 31.2. The number of benzene rings is 8. The quantitative estimate of drug-likeness (QED) is 0.112. The fourth-order valence-corrected chi connectivity index (χ4v) is 10.7. The van der Waals surface area contributed by atoms with Crippen LogP contribution < -0.4 is 15.9 Å². The summed E-state index contributed by atoms with van der Waals surface area (Å²) < 4.78 is 19.1. The molecule has 0 aliphatic carbocycles. The van der Waals surface area contributed by atoms with Crippen LogP contribution >= 0.6 is 7.14 Å². The van der Waals surface area contributed by atoms with E-state index in [1.54, 1.807) is 0 Å². The number of pyridine rings is 1. The molecule has 10 aromatic rings. The Balaban J connectivity index is 1.47. The van der Waals surface area contributed by atoms with E-state index in [4.69, 9.17) is 4.98 Å². The molecule has 3 nitrogen and oxygen atoms in total. The van der Waals surface area contributed by atoms with Crippen molar-refractivity contribution in [1.82, 2.24) is 9.38 Å². The summed E-state index contributed by atoms with van der Waals surface area (Å²) >= 11 is 0. The van der Waals surface area contributed by atoms with Crippen LogP contribution in [0.5, 0.6) is 0 Å². The van der Waals surface area contributed by atoms with E-state index < -0.39 is 7.14 Å². The molecular formula is C43H27N2OP. The number of imidazole rings is 1. The van der Waals surface area contributed by atoms with Gasteiger partial charge in [-0.2, -0.15) is 0 Å². The smallest absolute Gasteiger partial charge is 0.172 e. The van der Waals surface area contributed by atoms with E-state index in [-0.39, 0.29) is 0 Å². The van der Waals surface area contributed by atoms with Gasteiger partial charge in [-0.3, -0.25) is 4.40 Å². The van der Waals surface area contributed by atoms with Crippen LogP contribution in [-0.2, 0) is 4.57 Å². The number of aromatic nitrogens is 2. The SMILES string of the molecule is O=P(c1ccc2ccccc2c1)(c1ccc2ccccc2c1)c1c2ccccc2cc2c1c1ccccc1n1c3ccccc3nc21. The zero-order valence-corrected chi connectivity index (χ0v) is 26.2. The molecule has 8 aromatic carbocycles. The minimum atomic E-state index is -3.53. The first kappa shape index (κ1) is 26.5. The van der Waals surface area contributed by atoms with Crippen molar-refractivity contribution >= 4 is 93.7 Å². The minimum Gasteiger partial charge on any atom is -0.309 e. The van der Waals surface area contributed by atoms with Crippen molar-refractivity contribution in [3.05, 3.63) is 164 Å². The summed E-state index contributed by atoms with van der Waals surface area (Å²) in [5.74, 6) is 0. The second-order valence-electron chi connectivity index (χ2n) is 12.3. The Morgan fingerprint density at radius 3 is 1.66 bits per heavy atom. The van der Waals surface area contributed by atoms with Crippen molar-refractivity contribution in [2.75, 3.05) is 0 Å². The molecule has 0 bridgehead atoms. The highest BCUT2D eigenvalue weighted by Crippen LogP contribution is 2.49. The maximum atomic E-state index is 16.9. The summed E-state index contributed by atoms with van der Waals surface area (Å²) in [6.45, 7) is 0. The average Bonchev–Trinajstić information content (AvgIpc) is 3.53. The first-order chi connectivity index (χ1) is 23.2. The molecule has 0 radical (unpaired) electrons. The normalized spacial score (nSPS) is 12.3. The maximum Gasteiger partial charge on any atom is 0.172 e. The molecule has 0 fully saturated rings. The van der Waals surface area contributed by atoms with Crippen LogP contribution in [0.4, 0.5) is 0 Å². The molecule has 0 aliphatic rings. The molecule has 0 amide bonds. The molecule has 0 unspecified atom stereocenters. The predicted molar refractivity (Wildman–Crippen MR) is 200 cm³/mol. The molecule has 0 atom stereocenters. The number of rotatable bonds is 3. The van der Waals surface area contributed by atoms with Crippen LogP contribution in [-0.4, -0.2) is 9.38 Å². The Labute approximate surface area is 270 Å². The second-order valence-corrected chi connectivity index (χ2v) is 15.0. The van der Waals surface area contributed by atoms with E-state index >= 15 is 4.57 Å². The first-order valence-electron chi connectivity index (χ1n) is 15.9. The van der Waals surface area contributed by atoms with Crippen LogP contribution in [0.3, 0.4) is 0 Å². The van der Waals surface area contributed by atoms with Crippen molar-refractivity contribution in [2.24, 2.45) is 0 Å². The molecule has 4 heteroatoms. The summed E-state index contributed by atoms with van der Waals surface area (Å²) in [5.41, 5.74) is 3.91. The van der Waals surface area contributed by atoms with Crippen molar-refractivity contribution in [1.29, 1.82) is 0 Å². The molecule has 2 heterocycles. The van der Waals surface area contributed by atoms with Crippen molar-refractivity contribution in [3.8, 4) is 0 Å². The van der Waals surface area contributed by atoms with Crippen molar-refractivity contribution < 1.29 is 4.57 Å². The van der Waals surface area contributed by atoms with Gasteiger partial charge in [0.15, 0.2) is 7.14 Å². The van der Waals surface area contributed by atoms with Gasteiger partial charge in [0.25, 0.3) is 0 Å². The van der Waals surface area contributed by atoms with Gasteiger partial charge >= 0.3 is 0 Å². The Morgan fingerprint density at radius 1 is 0.447 bits per heavy atom. The molecule has 0 spiro atoms. The lowest BCUT2D eigenvalue weighted by atomic mass is 10.0. The molecule has 47 heavy (non-hydrogen) atoms. The molecule has 10 rings (SSSR count). The monoisotopic (exact) mass is 618 g/mol. The summed E-state index contributed by atoms with van der Waals surface area (Å²) in [7, 11) is -3.53. The Hall–Kier alpha value is -5.76. The zero-order chi connectivity index (χ0) is 31.1. The molecular weight excluding hydrogens is 591 g/mol. The Bertz CT molecular complexity index is 2870. The topological polar surface area (TPSA) is 34.4 Å². The van der Waals surface area contributed by atoms with E-state index in [1.807, 2.05) is 18.2 Å². The van der Waals surface area contributed by atoms with Crippen LogP contribution in [0, 0.1) is 0 Å². The Kier molecular flexibility index (Phi) is 5.55. The summed E-state index contributed by atoms with van der Waals surface area (Å²) in [4.78, 5) is 5.22. The standard InChI is InChI=1S/C43H27N2OP/c46-47(33-23-21-28-11-1-3-13-30(28)25-33,34-24-22-29-12-2-4-14-31(29)26-34)42-35-16-6-5-15-32(35)27-37-41(42)36-17-7-9-19-39(36)45-40-20-10-8-18-38(40)44-43(37)45/h1-27H. The fraction of sp³-hybridized carbons (Fsp3) is 0. The molecule has 2 aromatic heterocycles. The lowest BCUT2D eigenvalue weighted by molar-refractivity contribution is 0.593. The minimum absolute atomic E-state index is 0.821. The van der Waals surface area contributed by atoms with Gasteiger partial charge in [-0.05, 0) is 68.7 Å². The van der Waals surface area contributed by atoms with Gasteiger partial charge in [0.05, 0.1) is 16.6 Å². The third kappa shape index (κ3) is 3.75. The molecule has 0 saturated carbocycles. The van der Waals surface area contributed by atoms with Crippen LogP contribution in [0.2, 0.25) is 0 Å². The van der Waals surface area contributed by atoms with E-state index in [2.05, 4.69) is 150 Å². The van der Waals surface area contributed by atoms with Crippen LogP contribution in [0.1, 0.15) is 0 Å². The lowest BCUT2D eigenvalue weighted by Crippen LogP contribution is -2.26. The maximum absolute atomic E-state index is 16.9. The summed E-state index contributed by atoms with van der Waals surface area (Å²) in [6.07, 6.45) is 0. The largest absolute Gasteiger partial charge is 0.309 e. The molecule has 0 aliphatic heterocycles. The third-order valence-electron chi connectivity index (χ3n) is 9.75. The van der Waals surface area contributed by atoms with Crippen LogP contribution in [0.25, 0.3) is 70.7 Å². The van der Waals surface area contributed by atoms with Gasteiger partial charge < -0.3 is 4.57 Å². The number of hydrogen-bond donors (Lipinski definition) is 0. The molecule has 0 saturated heterocycles. The first-order valence-corrected chi connectivity index (χ1v) is 17.6. The van der Waals surface area contributed by atoms with E-state index in [9.17, 15) is 0 Å². The zero-order valence-electron chi connectivity index (χ0n) is 25.3. The van der Waals surface area contributed by atoms with Gasteiger partial charge in [-0.1, -0.05) is 127 Å². The Morgan fingerprint density at radius 2 is 0.979 bits per heavy atom. The van der Waals surface area contributed by atoms with Crippen LogP contribution in [0.15, 0.2) is 164 Å². The summed E-state index contributed by atoms with van der Waals surface area (Å²) in [5, 5.41) is 12.0. The third-order valence-corrected chi connectivity index (χ3v) is 12.9. The van der Waals surface area contributed by atoms with Gasteiger partial charge in [-0.25, -0.2) is 4.98 Å². The highest BCUT2D eigenvalue weighted by Gasteiger charge is 2.35. The second kappa shape index (κ2) is 9.87. The molecule has 0 N–H and O–H groups in total. The molecule has 220 valence electrons. The summed E-state index contributed by atoms with van der Waals surface area (Å²) in [6, 6.07) is 56.8. The number of hydrogen-bond acceptors (Lipinski definition) is 2. The lowest BCUT2D eigenvalue weighted by Gasteiger charge is -2.25. The number of para-hydroxylation sites is 3. The van der Waals surface area contributed by atoms with Gasteiger partial charge in [0, 0.05) is 32.1 Å². The average molecular weight is 619 g/mol. The fourth-order valence-electron chi connectivity index (χ4n) is 7.59. The van der Waals surface area contributed by atoms with Crippen molar-refractivity contribution in [3.63, 3.8) is 0 Å². The van der Waals surface area contributed by atoms with Gasteiger partial charge in [0.2, 0.25) is 0 Å². The van der Waals surface area contributed by atoms with E-state index in [0.29, 0.717) is 0 Å². The van der Waals surface area contributed by atoms with E-state index in [1.165, 1.54) is 0 Å².